The lowest BCUT2D eigenvalue weighted by Crippen LogP contribution is -2.26. The molecule has 4 nitrogen and oxygen atoms in total. The fourth-order valence-corrected chi connectivity index (χ4v) is 3.47. The second-order valence-corrected chi connectivity index (χ2v) is 8.16. The van der Waals surface area contributed by atoms with E-state index < -0.39 is 0 Å². The van der Waals surface area contributed by atoms with Gasteiger partial charge < -0.3 is 15.0 Å². The normalized spacial score (nSPS) is 11.7. The summed E-state index contributed by atoms with van der Waals surface area (Å²) >= 11 is 1.73. The smallest absolute Gasteiger partial charge is 0.253 e. The number of carbonyl (C=O) groups excluding carboxylic acids is 1. The van der Waals surface area contributed by atoms with Crippen molar-refractivity contribution < 1.29 is 9.90 Å². The predicted molar refractivity (Wildman–Crippen MR) is 99.8 cm³/mol. The van der Waals surface area contributed by atoms with Crippen LogP contribution in [0.3, 0.4) is 0 Å². The number of nitrogens with zero attached hydrogens (tertiary/aromatic N) is 1. The van der Waals surface area contributed by atoms with Gasteiger partial charge in [-0.1, -0.05) is 19.9 Å². The van der Waals surface area contributed by atoms with E-state index in [9.17, 15) is 9.90 Å². The van der Waals surface area contributed by atoms with Gasteiger partial charge in [0.2, 0.25) is 0 Å². The lowest BCUT2D eigenvalue weighted by atomic mass is 9.89. The maximum absolute atomic E-state index is 12.5. The zero-order valence-electron chi connectivity index (χ0n) is 15.1. The van der Waals surface area contributed by atoms with Crippen molar-refractivity contribution in [3.05, 3.63) is 45.4 Å². The van der Waals surface area contributed by atoms with Crippen LogP contribution in [0.2, 0.25) is 0 Å². The van der Waals surface area contributed by atoms with Crippen molar-refractivity contribution >= 4 is 17.2 Å². The van der Waals surface area contributed by atoms with E-state index in [1.165, 1.54) is 4.88 Å². The summed E-state index contributed by atoms with van der Waals surface area (Å²) in [7, 11) is 0. The van der Waals surface area contributed by atoms with Crippen LogP contribution in [0.15, 0.2) is 23.6 Å². The van der Waals surface area contributed by atoms with Crippen LogP contribution in [0, 0.1) is 19.3 Å². The molecule has 2 heterocycles. The molecule has 0 fully saturated rings. The van der Waals surface area contributed by atoms with Crippen LogP contribution in [0.1, 0.15) is 53.3 Å². The lowest BCUT2D eigenvalue weighted by Gasteiger charge is -2.21. The Balaban J connectivity index is 1.95. The maximum atomic E-state index is 12.5. The van der Waals surface area contributed by atoms with Gasteiger partial charge in [0, 0.05) is 29.4 Å². The number of thiophene rings is 1. The molecule has 2 N–H and O–H groups in total. The van der Waals surface area contributed by atoms with Crippen LogP contribution >= 0.6 is 11.3 Å². The van der Waals surface area contributed by atoms with E-state index in [0.29, 0.717) is 6.54 Å². The number of aryl methyl sites for hydroxylation is 1. The zero-order valence-corrected chi connectivity index (χ0v) is 15.9. The minimum atomic E-state index is -0.0821. The van der Waals surface area contributed by atoms with Gasteiger partial charge in [0.25, 0.3) is 5.91 Å². The number of amides is 1. The molecule has 2 rings (SSSR count). The minimum absolute atomic E-state index is 0.0117. The van der Waals surface area contributed by atoms with E-state index in [-0.39, 0.29) is 17.9 Å². The Morgan fingerprint density at radius 2 is 2.12 bits per heavy atom. The van der Waals surface area contributed by atoms with Gasteiger partial charge in [-0.3, -0.25) is 4.79 Å². The summed E-state index contributed by atoms with van der Waals surface area (Å²) < 4.78 is 2.19. The maximum Gasteiger partial charge on any atom is 0.253 e. The Bertz CT molecular complexity index is 672. The Morgan fingerprint density at radius 3 is 2.75 bits per heavy atom. The average molecular weight is 349 g/mol. The molecule has 5 heteroatoms. The summed E-state index contributed by atoms with van der Waals surface area (Å²) in [5, 5.41) is 14.3. The molecule has 0 aliphatic heterocycles. The van der Waals surface area contributed by atoms with Crippen LogP contribution in [-0.2, 0) is 6.54 Å². The van der Waals surface area contributed by atoms with Crippen LogP contribution < -0.4 is 5.32 Å². The molecule has 0 aromatic carbocycles. The number of carbonyl (C=O) groups is 1. The van der Waals surface area contributed by atoms with Crippen molar-refractivity contribution in [1.82, 2.24) is 9.88 Å². The summed E-state index contributed by atoms with van der Waals surface area (Å²) in [5.41, 5.74) is 2.79. The largest absolute Gasteiger partial charge is 0.396 e. The fourth-order valence-electron chi connectivity index (χ4n) is 2.78. The molecular formula is C19H28N2O2S. The molecule has 24 heavy (non-hydrogen) atoms. The van der Waals surface area contributed by atoms with Crippen LogP contribution in [-0.4, -0.2) is 28.7 Å². The highest BCUT2D eigenvalue weighted by molar-refractivity contribution is 7.09. The summed E-state index contributed by atoms with van der Waals surface area (Å²) in [6.07, 6.45) is 1.76. The van der Waals surface area contributed by atoms with Gasteiger partial charge in [0.05, 0.1) is 12.1 Å². The highest BCUT2D eigenvalue weighted by atomic mass is 32.1. The molecule has 0 atom stereocenters. The van der Waals surface area contributed by atoms with Crippen molar-refractivity contribution in [3.63, 3.8) is 0 Å². The van der Waals surface area contributed by atoms with Gasteiger partial charge in [-0.2, -0.15) is 0 Å². The molecule has 132 valence electrons. The van der Waals surface area contributed by atoms with Crippen molar-refractivity contribution in [1.29, 1.82) is 0 Å². The number of hydrogen-bond acceptors (Lipinski definition) is 3. The van der Waals surface area contributed by atoms with E-state index in [4.69, 9.17) is 0 Å². The zero-order chi connectivity index (χ0) is 17.7. The first-order valence-electron chi connectivity index (χ1n) is 8.42. The summed E-state index contributed by atoms with van der Waals surface area (Å²) in [6, 6.07) is 6.14. The second-order valence-electron chi connectivity index (χ2n) is 7.13. The summed E-state index contributed by atoms with van der Waals surface area (Å²) in [6.45, 7) is 9.74. The number of nitrogens with one attached hydrogen (secondary N) is 1. The van der Waals surface area contributed by atoms with Gasteiger partial charge in [-0.15, -0.1) is 11.3 Å². The number of aliphatic hydroxyl groups excluding tert-OH is 1. The Kier molecular flexibility index (Phi) is 6.24. The van der Waals surface area contributed by atoms with E-state index in [0.717, 1.165) is 36.3 Å². The van der Waals surface area contributed by atoms with E-state index in [1.807, 2.05) is 33.8 Å². The summed E-state index contributed by atoms with van der Waals surface area (Å²) in [5.74, 6) is -0.0117. The second kappa shape index (κ2) is 7.99. The molecule has 2 aromatic heterocycles. The molecule has 0 spiro atoms. The third kappa shape index (κ3) is 4.71. The van der Waals surface area contributed by atoms with Crippen LogP contribution in [0.5, 0.6) is 0 Å². The van der Waals surface area contributed by atoms with Gasteiger partial charge in [0.1, 0.15) is 0 Å². The van der Waals surface area contributed by atoms with Crippen LogP contribution in [0.4, 0.5) is 0 Å². The minimum Gasteiger partial charge on any atom is -0.396 e. The topological polar surface area (TPSA) is 54.3 Å². The van der Waals surface area contributed by atoms with Crippen LogP contribution in [0.25, 0.3) is 0 Å². The Hall–Kier alpha value is -1.59. The lowest BCUT2D eigenvalue weighted by molar-refractivity contribution is 0.0948. The first-order chi connectivity index (χ1) is 11.3. The molecule has 0 unspecified atom stereocenters. The fraction of sp³-hybridized carbons (Fsp3) is 0.526. The Labute approximate surface area is 148 Å². The monoisotopic (exact) mass is 348 g/mol. The SMILES string of the molecule is Cc1cc(C(=O)NCCCC(C)(C)CO)c(C)n1Cc1cccs1. The molecule has 1 amide bonds. The third-order valence-electron chi connectivity index (χ3n) is 4.46. The molecule has 0 radical (unpaired) electrons. The molecule has 0 aliphatic carbocycles. The number of hydrogen-bond donors (Lipinski definition) is 2. The van der Waals surface area contributed by atoms with E-state index >= 15 is 0 Å². The van der Waals surface area contributed by atoms with Crippen molar-refractivity contribution in [2.45, 2.75) is 47.1 Å². The van der Waals surface area contributed by atoms with Gasteiger partial charge in [0.15, 0.2) is 0 Å². The molecule has 0 saturated heterocycles. The van der Waals surface area contributed by atoms with Gasteiger partial charge >= 0.3 is 0 Å². The highest BCUT2D eigenvalue weighted by Crippen LogP contribution is 2.21. The molecule has 2 aromatic rings. The number of rotatable bonds is 8. The van der Waals surface area contributed by atoms with E-state index in [1.54, 1.807) is 11.3 Å². The highest BCUT2D eigenvalue weighted by Gasteiger charge is 2.18. The van der Waals surface area contributed by atoms with Gasteiger partial charge in [-0.25, -0.2) is 0 Å². The molecule has 0 aliphatic rings. The molecule has 0 saturated carbocycles. The average Bonchev–Trinajstić information content (AvgIpc) is 3.15. The number of aromatic nitrogens is 1. The number of aliphatic hydroxyl groups is 1. The van der Waals surface area contributed by atoms with Gasteiger partial charge in [-0.05, 0) is 49.6 Å². The first kappa shape index (κ1) is 18.7. The van der Waals surface area contributed by atoms with Crippen molar-refractivity contribution in [2.75, 3.05) is 13.2 Å². The Morgan fingerprint density at radius 1 is 1.38 bits per heavy atom. The first-order valence-corrected chi connectivity index (χ1v) is 9.30. The third-order valence-corrected chi connectivity index (χ3v) is 5.32. The molecular weight excluding hydrogens is 320 g/mol. The van der Waals surface area contributed by atoms with Crippen molar-refractivity contribution in [3.8, 4) is 0 Å². The quantitative estimate of drug-likeness (QED) is 0.714. The summed E-state index contributed by atoms with van der Waals surface area (Å²) in [4.78, 5) is 13.7. The standard InChI is InChI=1S/C19H28N2O2S/c1-14-11-17(15(2)21(14)12-16-7-5-10-24-16)18(23)20-9-6-8-19(3,4)13-22/h5,7,10-11,22H,6,8-9,12-13H2,1-4H3,(H,20,23). The molecule has 0 bridgehead atoms. The predicted octanol–water partition coefficient (Wildman–Crippen LogP) is 3.74. The van der Waals surface area contributed by atoms with Crippen molar-refractivity contribution in [2.24, 2.45) is 5.41 Å². The van der Waals surface area contributed by atoms with E-state index in [2.05, 4.69) is 27.4 Å².